The number of unbranched alkanes of at least 4 members (excludes halogenated alkanes) is 14. The van der Waals surface area contributed by atoms with E-state index < -0.39 is 110 Å². The summed E-state index contributed by atoms with van der Waals surface area (Å²) in [6, 6.07) is 32.8. The Balaban J connectivity index is 1.39. The molecule has 4 N–H and O–H groups in total. The van der Waals surface area contributed by atoms with Crippen LogP contribution in [0.2, 0.25) is 0 Å². The van der Waals surface area contributed by atoms with Crippen molar-refractivity contribution in [2.24, 2.45) is 0 Å². The molecule has 3 amide bonds. The number of hydrogen-bond donors (Lipinski definition) is 4. The van der Waals surface area contributed by atoms with Crippen LogP contribution in [0.25, 0.3) is 0 Å². The van der Waals surface area contributed by atoms with E-state index in [0.717, 1.165) is 56.9 Å². The Morgan fingerprint density at radius 2 is 1.02 bits per heavy atom. The Morgan fingerprint density at radius 3 is 1.54 bits per heavy atom. The average molecular weight is 1260 g/mol. The summed E-state index contributed by atoms with van der Waals surface area (Å²) in [5.41, 5.74) is 1.71. The zero-order chi connectivity index (χ0) is 65.5. The molecular weight excluding hydrogens is 1170 g/mol. The number of benzene rings is 4. The molecule has 0 aromatic heterocycles. The van der Waals surface area contributed by atoms with Gasteiger partial charge in [0.15, 0.2) is 12.4 Å². The van der Waals surface area contributed by atoms with Crippen LogP contribution in [0.4, 0.5) is 4.79 Å². The normalized spacial score (nSPS) is 16.6. The zero-order valence-corrected chi connectivity index (χ0v) is 53.7. The molecule has 20 heteroatoms. The number of amides is 3. The summed E-state index contributed by atoms with van der Waals surface area (Å²) >= 11 is 0. The lowest BCUT2D eigenvalue weighted by Crippen LogP contribution is -2.66. The summed E-state index contributed by atoms with van der Waals surface area (Å²) < 4.78 is 47.1. The highest BCUT2D eigenvalue weighted by atomic mass is 16.7. The minimum atomic E-state index is -1.82. The van der Waals surface area contributed by atoms with Gasteiger partial charge in [-0.3, -0.25) is 28.8 Å². The topological polar surface area (TPSA) is 267 Å². The number of esters is 5. The predicted molar refractivity (Wildman–Crippen MR) is 340 cm³/mol. The minimum Gasteiger partial charge on any atom is -0.461 e. The first-order valence-corrected chi connectivity index (χ1v) is 32.5. The van der Waals surface area contributed by atoms with Crippen LogP contribution in [0.15, 0.2) is 121 Å². The molecule has 0 bridgehead atoms. The highest BCUT2D eigenvalue weighted by Crippen LogP contribution is 2.29. The molecule has 1 aliphatic rings. The number of nitrogens with one attached hydrogen (secondary N) is 3. The molecule has 1 aliphatic heterocycles. The molecule has 0 aliphatic carbocycles. The van der Waals surface area contributed by atoms with Gasteiger partial charge in [-0.05, 0) is 75.3 Å². The average Bonchev–Trinajstić information content (AvgIpc) is 0.950. The fourth-order valence-corrected chi connectivity index (χ4v) is 10.1. The van der Waals surface area contributed by atoms with E-state index in [1.165, 1.54) is 32.1 Å². The predicted octanol–water partition coefficient (Wildman–Crippen LogP) is 11.6. The van der Waals surface area contributed by atoms with Gasteiger partial charge in [0.1, 0.15) is 56.3 Å². The number of carbonyl (C=O) groups is 8. The molecule has 4 aromatic rings. The van der Waals surface area contributed by atoms with E-state index in [4.69, 9.17) is 37.9 Å². The molecule has 1 saturated heterocycles. The van der Waals surface area contributed by atoms with Crippen LogP contribution in [0.5, 0.6) is 0 Å². The van der Waals surface area contributed by atoms with Crippen molar-refractivity contribution >= 4 is 47.8 Å². The summed E-state index contributed by atoms with van der Waals surface area (Å²) in [7, 11) is 0. The van der Waals surface area contributed by atoms with E-state index in [-0.39, 0.29) is 51.4 Å². The van der Waals surface area contributed by atoms with Crippen LogP contribution in [0.1, 0.15) is 196 Å². The SMILES string of the molecule is CCCCCCCCCCCCCC(=O)O[C@H]1[C@H](O)[C@@H](COC(=O)[C@@H](CCC(=O)OCc2ccccc2)NC(=O)OC(C)(C)C)O[C@H](OC(CC(=O)OCc2ccccc2)CC(=O)OCc2ccccc2)[C@@H]1NC(=O)CCCCCCCNC(=O)c1ccccc1. The van der Waals surface area contributed by atoms with Gasteiger partial charge >= 0.3 is 35.9 Å². The van der Waals surface area contributed by atoms with Crippen molar-refractivity contribution in [1.29, 1.82) is 0 Å². The monoisotopic (exact) mass is 1260 g/mol. The molecular formula is C71H97N3O17. The Labute approximate surface area is 536 Å². The van der Waals surface area contributed by atoms with Crippen LogP contribution in [-0.4, -0.2) is 114 Å². The maximum Gasteiger partial charge on any atom is 0.408 e. The highest BCUT2D eigenvalue weighted by Gasteiger charge is 2.50. The van der Waals surface area contributed by atoms with E-state index in [2.05, 4.69) is 22.9 Å². The molecule has 20 nitrogen and oxygen atoms in total. The summed E-state index contributed by atoms with van der Waals surface area (Å²) in [5, 5.41) is 20.7. The fraction of sp³-hybridized carbons (Fsp3) is 0.549. The van der Waals surface area contributed by atoms with Gasteiger partial charge in [0, 0.05) is 31.4 Å². The van der Waals surface area contributed by atoms with Crippen molar-refractivity contribution in [3.05, 3.63) is 144 Å². The number of alkyl carbamates (subject to hydrolysis) is 1. The van der Waals surface area contributed by atoms with Crippen LogP contribution in [-0.2, 0) is 86.5 Å². The maximum absolute atomic E-state index is 14.2. The minimum absolute atomic E-state index is 0.0165. The van der Waals surface area contributed by atoms with E-state index in [9.17, 15) is 43.5 Å². The Hall–Kier alpha value is -7.68. The number of carbonyl (C=O) groups excluding carboxylic acids is 8. The number of aliphatic hydroxyl groups excluding tert-OH is 1. The second kappa shape index (κ2) is 42.4. The second-order valence-corrected chi connectivity index (χ2v) is 24.0. The highest BCUT2D eigenvalue weighted by molar-refractivity contribution is 5.94. The molecule has 498 valence electrons. The van der Waals surface area contributed by atoms with Crippen molar-refractivity contribution in [1.82, 2.24) is 16.0 Å². The molecule has 0 saturated carbocycles. The van der Waals surface area contributed by atoms with Crippen LogP contribution < -0.4 is 16.0 Å². The summed E-state index contributed by atoms with van der Waals surface area (Å²) in [4.78, 5) is 109. The lowest BCUT2D eigenvalue weighted by Gasteiger charge is -2.44. The van der Waals surface area contributed by atoms with Crippen molar-refractivity contribution in [3.8, 4) is 0 Å². The van der Waals surface area contributed by atoms with Crippen LogP contribution in [0.3, 0.4) is 0 Å². The van der Waals surface area contributed by atoms with Crippen LogP contribution in [0, 0.1) is 0 Å². The summed E-state index contributed by atoms with van der Waals surface area (Å²) in [6.07, 6.45) is 3.82. The second-order valence-electron chi connectivity index (χ2n) is 24.0. The molecule has 4 aromatic carbocycles. The molecule has 1 fully saturated rings. The van der Waals surface area contributed by atoms with Crippen molar-refractivity contribution in [2.75, 3.05) is 13.2 Å². The van der Waals surface area contributed by atoms with Crippen molar-refractivity contribution in [3.63, 3.8) is 0 Å². The smallest absolute Gasteiger partial charge is 0.408 e. The molecule has 0 radical (unpaired) electrons. The Kier molecular flexibility index (Phi) is 34.5. The lowest BCUT2D eigenvalue weighted by molar-refractivity contribution is -0.286. The maximum atomic E-state index is 14.2. The third kappa shape index (κ3) is 31.3. The van der Waals surface area contributed by atoms with E-state index in [1.54, 1.807) is 118 Å². The van der Waals surface area contributed by atoms with Gasteiger partial charge < -0.3 is 59.0 Å². The summed E-state index contributed by atoms with van der Waals surface area (Å²) in [5.74, 6) is -4.67. The number of hydrogen-bond acceptors (Lipinski definition) is 17. The number of ether oxygens (including phenoxy) is 8. The quantitative estimate of drug-likeness (QED) is 0.0182. The van der Waals surface area contributed by atoms with E-state index in [1.807, 2.05) is 24.3 Å². The third-order valence-electron chi connectivity index (χ3n) is 15.0. The standard InChI is InChI=1S/C71H97N3O17/c1-5-6-7-8-9-10-11-12-13-16-31-42-61(77)90-66-64(74-59(75)41-30-15-14-17-32-45-72-67(81)55-39-28-21-29-40-55)69(88-56(46-62(78)85-49-53-35-24-19-25-36-53)47-63(79)86-50-54-37-26-20-27-38-54)89-58(65(66)80)51-87-68(82)57(73-70(83)91-71(2,3)4)43-44-60(76)84-48-52-33-22-18-23-34-52/h18-29,33-40,56-58,64-66,69,80H,5-17,30-32,41-51H2,1-4H3,(H,72,81)(H,73,83)(H,74,75)/t57-,58-,64-,65-,66-,69+/m1/s1. The largest absolute Gasteiger partial charge is 0.461 e. The lowest BCUT2D eigenvalue weighted by atomic mass is 9.95. The molecule has 0 unspecified atom stereocenters. The van der Waals surface area contributed by atoms with E-state index >= 15 is 0 Å². The first-order chi connectivity index (χ1) is 44.0. The van der Waals surface area contributed by atoms with Gasteiger partial charge in [0.25, 0.3) is 5.91 Å². The van der Waals surface area contributed by atoms with Crippen molar-refractivity contribution < 1.29 is 81.4 Å². The third-order valence-corrected chi connectivity index (χ3v) is 15.0. The van der Waals surface area contributed by atoms with Gasteiger partial charge in [-0.2, -0.15) is 0 Å². The Bertz CT molecular complexity index is 2710. The van der Waals surface area contributed by atoms with Crippen molar-refractivity contribution in [2.45, 2.75) is 237 Å². The molecule has 6 atom stereocenters. The first-order valence-electron chi connectivity index (χ1n) is 32.5. The molecule has 0 spiro atoms. The van der Waals surface area contributed by atoms with Crippen LogP contribution >= 0.6 is 0 Å². The fourth-order valence-electron chi connectivity index (χ4n) is 10.1. The summed E-state index contributed by atoms with van der Waals surface area (Å²) in [6.45, 7) is 6.54. The number of aliphatic hydroxyl groups is 1. The number of rotatable bonds is 42. The first kappa shape index (κ1) is 74.1. The Morgan fingerprint density at radius 1 is 0.549 bits per heavy atom. The molecule has 1 heterocycles. The van der Waals surface area contributed by atoms with Gasteiger partial charge in [0.2, 0.25) is 5.91 Å². The van der Waals surface area contributed by atoms with Gasteiger partial charge in [-0.25, -0.2) is 9.59 Å². The van der Waals surface area contributed by atoms with Gasteiger partial charge in [-0.15, -0.1) is 0 Å². The zero-order valence-electron chi connectivity index (χ0n) is 53.7. The molecule has 5 rings (SSSR count). The van der Waals surface area contributed by atoms with Gasteiger partial charge in [0.05, 0.1) is 18.9 Å². The molecule has 91 heavy (non-hydrogen) atoms. The van der Waals surface area contributed by atoms with Gasteiger partial charge in [-0.1, -0.05) is 200 Å². The van der Waals surface area contributed by atoms with E-state index in [0.29, 0.717) is 42.5 Å².